The van der Waals surface area contributed by atoms with Crippen LogP contribution in [0.15, 0.2) is 22.7 Å². The van der Waals surface area contributed by atoms with Crippen molar-refractivity contribution in [2.75, 3.05) is 6.54 Å². The van der Waals surface area contributed by atoms with E-state index < -0.39 is 0 Å². The van der Waals surface area contributed by atoms with Crippen molar-refractivity contribution >= 4 is 21.8 Å². The van der Waals surface area contributed by atoms with E-state index >= 15 is 0 Å². The number of halogens is 2. The molecule has 1 aromatic carbocycles. The van der Waals surface area contributed by atoms with Crippen molar-refractivity contribution in [3.63, 3.8) is 0 Å². The molecule has 3 nitrogen and oxygen atoms in total. The van der Waals surface area contributed by atoms with Crippen LogP contribution in [0.25, 0.3) is 0 Å². The first-order valence-electron chi connectivity index (χ1n) is 7.59. The van der Waals surface area contributed by atoms with Gasteiger partial charge in [0, 0.05) is 22.6 Å². The number of benzene rings is 1. The maximum Gasteiger partial charge on any atom is 0.234 e. The Hall–Kier alpha value is -0.940. The van der Waals surface area contributed by atoms with Crippen molar-refractivity contribution in [1.82, 2.24) is 10.6 Å². The SMILES string of the molecule is O=C(CNCc1cc(Br)ccc1F)NC1CCCCCC1. The minimum Gasteiger partial charge on any atom is -0.352 e. The van der Waals surface area contributed by atoms with Crippen LogP contribution in [0.3, 0.4) is 0 Å². The lowest BCUT2D eigenvalue weighted by Crippen LogP contribution is -2.40. The topological polar surface area (TPSA) is 41.1 Å². The van der Waals surface area contributed by atoms with Crippen LogP contribution in [0.2, 0.25) is 0 Å². The first kappa shape index (κ1) is 16.4. The Kier molecular flexibility index (Phi) is 6.64. The monoisotopic (exact) mass is 356 g/mol. The third kappa shape index (κ3) is 5.75. The van der Waals surface area contributed by atoms with E-state index in [1.165, 1.54) is 31.7 Å². The second-order valence-electron chi connectivity index (χ2n) is 5.60. The molecule has 116 valence electrons. The molecule has 0 saturated heterocycles. The molecule has 0 radical (unpaired) electrons. The molecule has 2 rings (SSSR count). The van der Waals surface area contributed by atoms with Crippen LogP contribution in [0.1, 0.15) is 44.1 Å². The van der Waals surface area contributed by atoms with Crippen LogP contribution in [0.5, 0.6) is 0 Å². The molecule has 0 spiro atoms. The fourth-order valence-corrected chi connectivity index (χ4v) is 3.10. The van der Waals surface area contributed by atoms with Gasteiger partial charge in [0.15, 0.2) is 0 Å². The summed E-state index contributed by atoms with van der Waals surface area (Å²) in [5, 5.41) is 6.07. The highest BCUT2D eigenvalue weighted by Crippen LogP contribution is 2.17. The van der Waals surface area contributed by atoms with Crippen molar-refractivity contribution in [2.24, 2.45) is 0 Å². The third-order valence-corrected chi connectivity index (χ3v) is 4.32. The van der Waals surface area contributed by atoms with Gasteiger partial charge in [-0.3, -0.25) is 4.79 Å². The number of carbonyl (C=O) groups excluding carboxylic acids is 1. The van der Waals surface area contributed by atoms with Crippen molar-refractivity contribution < 1.29 is 9.18 Å². The Balaban J connectivity index is 1.72. The summed E-state index contributed by atoms with van der Waals surface area (Å²) < 4.78 is 14.4. The smallest absolute Gasteiger partial charge is 0.234 e. The zero-order valence-corrected chi connectivity index (χ0v) is 13.7. The van der Waals surface area contributed by atoms with E-state index in [0.717, 1.165) is 17.3 Å². The molecule has 1 fully saturated rings. The molecule has 1 aliphatic rings. The van der Waals surface area contributed by atoms with Crippen LogP contribution < -0.4 is 10.6 Å². The molecule has 0 aromatic heterocycles. The number of hydrogen-bond donors (Lipinski definition) is 2. The molecular formula is C16H22BrFN2O. The molecule has 0 unspecified atom stereocenters. The van der Waals surface area contributed by atoms with Gasteiger partial charge in [-0.1, -0.05) is 41.6 Å². The zero-order chi connectivity index (χ0) is 15.1. The second-order valence-corrected chi connectivity index (χ2v) is 6.51. The van der Waals surface area contributed by atoms with E-state index in [1.807, 2.05) is 0 Å². The number of amides is 1. The van der Waals surface area contributed by atoms with E-state index in [0.29, 0.717) is 18.2 Å². The number of carbonyl (C=O) groups is 1. The maximum absolute atomic E-state index is 13.6. The van der Waals surface area contributed by atoms with Gasteiger partial charge in [-0.25, -0.2) is 4.39 Å². The summed E-state index contributed by atoms with van der Waals surface area (Å²) >= 11 is 3.32. The average Bonchev–Trinajstić information content (AvgIpc) is 2.71. The van der Waals surface area contributed by atoms with Gasteiger partial charge in [0.25, 0.3) is 0 Å². The molecule has 0 bridgehead atoms. The Morgan fingerprint density at radius 1 is 1.24 bits per heavy atom. The van der Waals surface area contributed by atoms with Crippen LogP contribution >= 0.6 is 15.9 Å². The summed E-state index contributed by atoms with van der Waals surface area (Å²) in [5.41, 5.74) is 0.562. The van der Waals surface area contributed by atoms with E-state index in [1.54, 1.807) is 12.1 Å². The molecule has 21 heavy (non-hydrogen) atoms. The molecule has 2 N–H and O–H groups in total. The highest BCUT2D eigenvalue weighted by atomic mass is 79.9. The first-order chi connectivity index (χ1) is 10.1. The Morgan fingerprint density at radius 3 is 2.67 bits per heavy atom. The van der Waals surface area contributed by atoms with Crippen LogP contribution in [0, 0.1) is 5.82 Å². The van der Waals surface area contributed by atoms with Gasteiger partial charge in [0.1, 0.15) is 5.82 Å². The average molecular weight is 357 g/mol. The van der Waals surface area contributed by atoms with Crippen molar-refractivity contribution in [3.8, 4) is 0 Å². The number of nitrogens with one attached hydrogen (secondary N) is 2. The van der Waals surface area contributed by atoms with E-state index in [9.17, 15) is 9.18 Å². The second kappa shape index (κ2) is 8.49. The lowest BCUT2D eigenvalue weighted by Gasteiger charge is -2.16. The van der Waals surface area contributed by atoms with Crippen molar-refractivity contribution in [2.45, 2.75) is 51.1 Å². The quantitative estimate of drug-likeness (QED) is 0.792. The number of rotatable bonds is 5. The highest BCUT2D eigenvalue weighted by Gasteiger charge is 2.14. The van der Waals surface area contributed by atoms with Crippen LogP contribution in [-0.2, 0) is 11.3 Å². The summed E-state index contributed by atoms with van der Waals surface area (Å²) in [7, 11) is 0. The van der Waals surface area contributed by atoms with Gasteiger partial charge in [-0.05, 0) is 31.0 Å². The minimum absolute atomic E-state index is 0.00250. The van der Waals surface area contributed by atoms with Crippen LogP contribution in [0.4, 0.5) is 4.39 Å². The normalized spacial score (nSPS) is 16.5. The predicted molar refractivity (Wildman–Crippen MR) is 85.4 cm³/mol. The fourth-order valence-electron chi connectivity index (χ4n) is 2.69. The largest absolute Gasteiger partial charge is 0.352 e. The maximum atomic E-state index is 13.6. The lowest BCUT2D eigenvalue weighted by atomic mass is 10.1. The number of hydrogen-bond acceptors (Lipinski definition) is 2. The van der Waals surface area contributed by atoms with Gasteiger partial charge in [-0.15, -0.1) is 0 Å². The van der Waals surface area contributed by atoms with Gasteiger partial charge in [0.2, 0.25) is 5.91 Å². The summed E-state index contributed by atoms with van der Waals surface area (Å²) in [6.07, 6.45) is 7.08. The van der Waals surface area contributed by atoms with Gasteiger partial charge in [-0.2, -0.15) is 0 Å². The van der Waals surface area contributed by atoms with Gasteiger partial charge >= 0.3 is 0 Å². The molecule has 1 saturated carbocycles. The molecule has 1 aliphatic carbocycles. The standard InChI is InChI=1S/C16H22BrFN2O/c17-13-7-8-15(18)12(9-13)10-19-11-16(21)20-14-5-3-1-2-4-6-14/h7-9,14,19H,1-6,10-11H2,(H,20,21). The Morgan fingerprint density at radius 2 is 1.95 bits per heavy atom. The Bertz CT molecular complexity index is 473. The minimum atomic E-state index is -0.255. The van der Waals surface area contributed by atoms with Gasteiger partial charge < -0.3 is 10.6 Å². The molecular weight excluding hydrogens is 335 g/mol. The van der Waals surface area contributed by atoms with Crippen molar-refractivity contribution in [3.05, 3.63) is 34.1 Å². The highest BCUT2D eigenvalue weighted by molar-refractivity contribution is 9.10. The molecule has 0 atom stereocenters. The van der Waals surface area contributed by atoms with Gasteiger partial charge in [0.05, 0.1) is 6.54 Å². The predicted octanol–water partition coefficient (Wildman–Crippen LogP) is 3.52. The molecule has 1 aromatic rings. The summed E-state index contributed by atoms with van der Waals surface area (Å²) in [6, 6.07) is 5.12. The molecule has 1 amide bonds. The van der Waals surface area contributed by atoms with Crippen LogP contribution in [-0.4, -0.2) is 18.5 Å². The summed E-state index contributed by atoms with van der Waals surface area (Å²) in [4.78, 5) is 11.9. The summed E-state index contributed by atoms with van der Waals surface area (Å²) in [6.45, 7) is 0.575. The van der Waals surface area contributed by atoms with E-state index in [2.05, 4.69) is 26.6 Å². The van der Waals surface area contributed by atoms with E-state index in [-0.39, 0.29) is 18.3 Å². The zero-order valence-electron chi connectivity index (χ0n) is 12.1. The lowest BCUT2D eigenvalue weighted by molar-refractivity contribution is -0.121. The molecule has 0 aliphatic heterocycles. The first-order valence-corrected chi connectivity index (χ1v) is 8.38. The molecule has 0 heterocycles. The fraction of sp³-hybridized carbons (Fsp3) is 0.562. The summed E-state index contributed by atoms with van der Waals surface area (Å²) in [5.74, 6) is -0.257. The van der Waals surface area contributed by atoms with Crippen molar-refractivity contribution in [1.29, 1.82) is 0 Å². The van der Waals surface area contributed by atoms with E-state index in [4.69, 9.17) is 0 Å². The molecule has 5 heteroatoms. The third-order valence-electron chi connectivity index (χ3n) is 3.83. The Labute approximate surface area is 133 Å².